The smallest absolute Gasteiger partial charge is 0.244 e. The number of nitrogens with zero attached hydrogens (tertiary/aromatic N) is 1. The molecule has 0 aliphatic rings. The molecule has 0 saturated carbocycles. The van der Waals surface area contributed by atoms with Gasteiger partial charge in [-0.05, 0) is 6.04 Å². The van der Waals surface area contributed by atoms with E-state index in [0.717, 1.165) is 12.1 Å². The lowest BCUT2D eigenvalue weighted by molar-refractivity contribution is -0.709. The maximum atomic E-state index is 13.7. The molecule has 1 heterocycles. The van der Waals surface area contributed by atoms with Gasteiger partial charge in [0.25, 0.3) is 0 Å². The first-order valence-corrected chi connectivity index (χ1v) is 10.0. The van der Waals surface area contributed by atoms with Crippen LogP contribution in [0.15, 0.2) is 18.5 Å². The summed E-state index contributed by atoms with van der Waals surface area (Å²) in [6.45, 7) is 7.76. The summed E-state index contributed by atoms with van der Waals surface area (Å²) in [5.41, 5.74) is 0.778. The van der Waals surface area contributed by atoms with Crippen LogP contribution in [0.4, 0.5) is 8.78 Å². The molecule has 0 bridgehead atoms. The fourth-order valence-corrected chi connectivity index (χ4v) is 2.58. The Morgan fingerprint density at radius 1 is 1.26 bits per heavy atom. The fraction of sp³-hybridized carbons (Fsp3) is 0.462. The third-order valence-electron chi connectivity index (χ3n) is 2.92. The quantitative estimate of drug-likeness (QED) is 0.510. The molecule has 3 nitrogen and oxygen atoms in total. The molecule has 0 spiro atoms. The molecule has 1 aromatic heterocycles. The molecule has 0 aliphatic heterocycles. The first-order valence-electron chi connectivity index (χ1n) is 6.30. The van der Waals surface area contributed by atoms with Gasteiger partial charge in [0.2, 0.25) is 11.8 Å². The summed E-state index contributed by atoms with van der Waals surface area (Å²) in [5.74, 6) is -1.16. The van der Waals surface area contributed by atoms with Gasteiger partial charge in [0.15, 0.2) is 18.1 Å². The molecule has 1 aromatic carbocycles. The predicted molar refractivity (Wildman–Crippen MR) is 72.5 cm³/mol. The molecule has 6 heteroatoms. The Labute approximate surface area is 112 Å². The number of halogens is 2. The summed E-state index contributed by atoms with van der Waals surface area (Å²) in [5, 5.41) is 0. The van der Waals surface area contributed by atoms with E-state index >= 15 is 0 Å². The van der Waals surface area contributed by atoms with E-state index in [-0.39, 0.29) is 6.73 Å². The van der Waals surface area contributed by atoms with Crippen molar-refractivity contribution in [2.45, 2.75) is 32.4 Å². The number of fused-ring (bicyclic) bond motifs is 1. The Bertz CT molecular complexity index is 578. The summed E-state index contributed by atoms with van der Waals surface area (Å²) in [6.07, 6.45) is 1.60. The minimum absolute atomic E-state index is 0.271. The van der Waals surface area contributed by atoms with E-state index in [1.807, 2.05) is 0 Å². The highest BCUT2D eigenvalue weighted by Gasteiger charge is 2.17. The van der Waals surface area contributed by atoms with Crippen molar-refractivity contribution < 1.29 is 18.1 Å². The van der Waals surface area contributed by atoms with Crippen LogP contribution in [0, 0.1) is 11.6 Å². The summed E-state index contributed by atoms with van der Waals surface area (Å²) < 4.78 is 33.9. The molecule has 0 saturated heterocycles. The Hall–Kier alpha value is -1.27. The number of ether oxygens (including phenoxy) is 1. The monoisotopic (exact) mass is 285 g/mol. The average molecular weight is 285 g/mol. The molecular weight excluding hydrogens is 266 g/mol. The summed E-state index contributed by atoms with van der Waals surface area (Å²) >= 11 is 0. The second kappa shape index (κ2) is 5.38. The number of H-pyrrole nitrogens is 1. The van der Waals surface area contributed by atoms with E-state index in [4.69, 9.17) is 4.74 Å². The first-order chi connectivity index (χ1) is 8.87. The molecule has 0 radical (unpaired) electrons. The lowest BCUT2D eigenvalue weighted by atomic mass is 10.3. The zero-order valence-electron chi connectivity index (χ0n) is 11.5. The van der Waals surface area contributed by atoms with Crippen LogP contribution in [0.2, 0.25) is 25.7 Å². The second-order valence-electron chi connectivity index (χ2n) is 5.88. The molecule has 19 heavy (non-hydrogen) atoms. The van der Waals surface area contributed by atoms with Crippen LogP contribution < -0.4 is 4.57 Å². The molecule has 2 rings (SSSR count). The summed E-state index contributed by atoms with van der Waals surface area (Å²) in [7, 11) is -1.12. The minimum Gasteiger partial charge on any atom is -0.342 e. The number of rotatable bonds is 5. The fourth-order valence-electron chi connectivity index (χ4n) is 1.82. The van der Waals surface area contributed by atoms with Crippen LogP contribution in [0.3, 0.4) is 0 Å². The minimum atomic E-state index is -1.12. The maximum Gasteiger partial charge on any atom is 0.244 e. The van der Waals surface area contributed by atoms with Crippen molar-refractivity contribution in [3.8, 4) is 0 Å². The SMILES string of the molecule is C[Si](C)(C)CCOC[n+]1c[nH]c2cc(F)cc(F)c21. The van der Waals surface area contributed by atoms with Gasteiger partial charge in [-0.2, -0.15) is 0 Å². The number of benzene rings is 1. The van der Waals surface area contributed by atoms with Gasteiger partial charge in [0.05, 0.1) is 0 Å². The largest absolute Gasteiger partial charge is 0.342 e. The van der Waals surface area contributed by atoms with E-state index in [0.29, 0.717) is 17.6 Å². The van der Waals surface area contributed by atoms with Crippen LogP contribution in [0.5, 0.6) is 0 Å². The first kappa shape index (κ1) is 14.1. The Morgan fingerprint density at radius 2 is 2.00 bits per heavy atom. The molecule has 104 valence electrons. The van der Waals surface area contributed by atoms with E-state index in [1.54, 1.807) is 10.9 Å². The lowest BCUT2D eigenvalue weighted by Crippen LogP contribution is -2.35. The molecule has 0 fully saturated rings. The van der Waals surface area contributed by atoms with Gasteiger partial charge in [-0.15, -0.1) is 0 Å². The van der Waals surface area contributed by atoms with Gasteiger partial charge in [-0.25, -0.2) is 18.3 Å². The molecule has 0 unspecified atom stereocenters. The molecule has 0 aliphatic carbocycles. The molecule has 2 aromatic rings. The zero-order valence-corrected chi connectivity index (χ0v) is 12.5. The second-order valence-corrected chi connectivity index (χ2v) is 11.5. The maximum absolute atomic E-state index is 13.7. The van der Waals surface area contributed by atoms with Crippen molar-refractivity contribution in [3.05, 3.63) is 30.1 Å². The van der Waals surface area contributed by atoms with Crippen LogP contribution in [0.25, 0.3) is 11.0 Å². The third-order valence-corrected chi connectivity index (χ3v) is 4.62. The summed E-state index contributed by atoms with van der Waals surface area (Å²) in [6, 6.07) is 3.22. The Morgan fingerprint density at radius 3 is 2.68 bits per heavy atom. The third kappa shape index (κ3) is 3.60. The zero-order chi connectivity index (χ0) is 14.0. The van der Waals surface area contributed by atoms with Crippen LogP contribution in [0.1, 0.15) is 0 Å². The van der Waals surface area contributed by atoms with Gasteiger partial charge in [-0.1, -0.05) is 19.6 Å². The van der Waals surface area contributed by atoms with Crippen molar-refractivity contribution in [1.29, 1.82) is 0 Å². The highest BCUT2D eigenvalue weighted by molar-refractivity contribution is 6.76. The molecule has 0 atom stereocenters. The van der Waals surface area contributed by atoms with Gasteiger partial charge in [0, 0.05) is 26.8 Å². The lowest BCUT2D eigenvalue weighted by Gasteiger charge is -2.14. The standard InChI is InChI=1S/C13H18F2N2OSi/c1-19(2,3)5-4-18-9-17-8-16-12-7-10(14)6-11(15)13(12)17/h6-8H,4-5,9H2,1-3H3/p+1. The molecule has 0 amide bonds. The van der Waals surface area contributed by atoms with Crippen LogP contribution in [-0.4, -0.2) is 19.7 Å². The topological polar surface area (TPSA) is 28.9 Å². The predicted octanol–water partition coefficient (Wildman–Crippen LogP) is 3.05. The number of imidazole rings is 1. The van der Waals surface area contributed by atoms with Crippen molar-refractivity contribution in [2.75, 3.05) is 6.61 Å². The number of hydrogen-bond donors (Lipinski definition) is 1. The normalized spacial score (nSPS) is 12.3. The van der Waals surface area contributed by atoms with Gasteiger partial charge in [0.1, 0.15) is 5.82 Å². The number of nitrogens with one attached hydrogen (secondary N) is 1. The number of aromatic amines is 1. The molecule has 1 N–H and O–H groups in total. The Balaban J connectivity index is 2.06. The van der Waals surface area contributed by atoms with Gasteiger partial charge < -0.3 is 4.74 Å². The van der Waals surface area contributed by atoms with E-state index < -0.39 is 19.7 Å². The van der Waals surface area contributed by atoms with E-state index in [1.165, 1.54) is 6.07 Å². The van der Waals surface area contributed by atoms with Gasteiger partial charge >= 0.3 is 0 Å². The highest BCUT2D eigenvalue weighted by atomic mass is 28.3. The van der Waals surface area contributed by atoms with Crippen LogP contribution >= 0.6 is 0 Å². The van der Waals surface area contributed by atoms with Crippen molar-refractivity contribution >= 4 is 19.1 Å². The Kier molecular flexibility index (Phi) is 4.01. The number of aromatic nitrogens is 2. The highest BCUT2D eigenvalue weighted by Crippen LogP contribution is 2.14. The van der Waals surface area contributed by atoms with E-state index in [2.05, 4.69) is 24.6 Å². The van der Waals surface area contributed by atoms with Crippen LogP contribution in [-0.2, 0) is 11.5 Å². The summed E-state index contributed by atoms with van der Waals surface area (Å²) in [4.78, 5) is 2.84. The van der Waals surface area contributed by atoms with E-state index in [9.17, 15) is 8.78 Å². The van der Waals surface area contributed by atoms with Crippen molar-refractivity contribution in [1.82, 2.24) is 4.98 Å². The van der Waals surface area contributed by atoms with Gasteiger partial charge in [-0.3, -0.25) is 0 Å². The average Bonchev–Trinajstić information content (AvgIpc) is 2.66. The van der Waals surface area contributed by atoms with Crippen molar-refractivity contribution in [3.63, 3.8) is 0 Å². The number of hydrogen-bond acceptors (Lipinski definition) is 1. The van der Waals surface area contributed by atoms with Crippen molar-refractivity contribution in [2.24, 2.45) is 0 Å². The molecular formula is C13H19F2N2OSi+.